The standard InChI is InChI=1S/C15H13FN4O3/c1-9-8-12(20-23-9)17-13(21)6-7-14-18-19-15(22-14)10-4-2-3-5-11(10)16/h2-5,8H,6-7H2,1H3,(H,17,20,21). The van der Waals surface area contributed by atoms with Crippen LogP contribution in [0.2, 0.25) is 0 Å². The number of carbonyl (C=O) groups excluding carboxylic acids is 1. The van der Waals surface area contributed by atoms with Gasteiger partial charge >= 0.3 is 0 Å². The van der Waals surface area contributed by atoms with E-state index < -0.39 is 5.82 Å². The Labute approximate surface area is 130 Å². The molecule has 1 amide bonds. The van der Waals surface area contributed by atoms with Crippen molar-refractivity contribution in [1.29, 1.82) is 0 Å². The SMILES string of the molecule is Cc1cc(NC(=O)CCc2nnc(-c3ccccc3F)o2)no1. The lowest BCUT2D eigenvalue weighted by atomic mass is 10.2. The van der Waals surface area contributed by atoms with Crippen LogP contribution in [0, 0.1) is 12.7 Å². The van der Waals surface area contributed by atoms with E-state index in [9.17, 15) is 9.18 Å². The molecule has 3 aromatic rings. The van der Waals surface area contributed by atoms with E-state index in [0.717, 1.165) is 0 Å². The third-order valence-corrected chi connectivity index (χ3v) is 3.03. The summed E-state index contributed by atoms with van der Waals surface area (Å²) in [5.41, 5.74) is 0.230. The second kappa shape index (κ2) is 6.39. The first kappa shape index (κ1) is 14.9. The maximum Gasteiger partial charge on any atom is 0.250 e. The van der Waals surface area contributed by atoms with Crippen molar-refractivity contribution in [3.05, 3.63) is 47.8 Å². The zero-order valence-electron chi connectivity index (χ0n) is 12.2. The molecule has 3 rings (SSSR count). The quantitative estimate of drug-likeness (QED) is 0.778. The third-order valence-electron chi connectivity index (χ3n) is 3.03. The monoisotopic (exact) mass is 316 g/mol. The summed E-state index contributed by atoms with van der Waals surface area (Å²) in [7, 11) is 0. The Hall–Kier alpha value is -3.03. The molecule has 0 saturated heterocycles. The van der Waals surface area contributed by atoms with Crippen LogP contribution in [0.15, 0.2) is 39.3 Å². The summed E-state index contributed by atoms with van der Waals surface area (Å²) in [6.07, 6.45) is 0.370. The molecular formula is C15H13FN4O3. The highest BCUT2D eigenvalue weighted by atomic mass is 19.1. The predicted molar refractivity (Wildman–Crippen MR) is 77.9 cm³/mol. The summed E-state index contributed by atoms with van der Waals surface area (Å²) in [6, 6.07) is 7.72. The molecule has 0 fully saturated rings. The summed E-state index contributed by atoms with van der Waals surface area (Å²) in [4.78, 5) is 11.8. The maximum absolute atomic E-state index is 13.6. The van der Waals surface area contributed by atoms with Gasteiger partial charge in [0, 0.05) is 18.9 Å². The van der Waals surface area contributed by atoms with E-state index >= 15 is 0 Å². The van der Waals surface area contributed by atoms with Crippen molar-refractivity contribution in [2.75, 3.05) is 5.32 Å². The van der Waals surface area contributed by atoms with E-state index in [1.807, 2.05) is 0 Å². The molecule has 118 valence electrons. The fourth-order valence-electron chi connectivity index (χ4n) is 1.95. The van der Waals surface area contributed by atoms with Crippen LogP contribution >= 0.6 is 0 Å². The van der Waals surface area contributed by atoms with Gasteiger partial charge in [0.25, 0.3) is 5.89 Å². The molecule has 2 aromatic heterocycles. The van der Waals surface area contributed by atoms with Gasteiger partial charge in [-0.1, -0.05) is 17.3 Å². The number of benzene rings is 1. The molecule has 0 aliphatic heterocycles. The van der Waals surface area contributed by atoms with Crippen LogP contribution in [0.3, 0.4) is 0 Å². The third kappa shape index (κ3) is 3.60. The second-order valence-corrected chi connectivity index (χ2v) is 4.85. The Bertz CT molecular complexity index is 828. The van der Waals surface area contributed by atoms with Crippen molar-refractivity contribution in [2.45, 2.75) is 19.8 Å². The minimum atomic E-state index is -0.443. The number of rotatable bonds is 5. The number of carbonyl (C=O) groups is 1. The number of aryl methyl sites for hydroxylation is 2. The number of hydrogen-bond donors (Lipinski definition) is 1. The first-order chi connectivity index (χ1) is 11.1. The van der Waals surface area contributed by atoms with Gasteiger partial charge in [0.05, 0.1) is 5.56 Å². The number of nitrogens with zero attached hydrogens (tertiary/aromatic N) is 3. The van der Waals surface area contributed by atoms with Crippen LogP contribution in [-0.4, -0.2) is 21.3 Å². The molecule has 8 heteroatoms. The Kier molecular flexibility index (Phi) is 4.13. The summed E-state index contributed by atoms with van der Waals surface area (Å²) < 4.78 is 23.9. The van der Waals surface area contributed by atoms with Crippen LogP contribution < -0.4 is 5.32 Å². The van der Waals surface area contributed by atoms with Crippen LogP contribution in [0.5, 0.6) is 0 Å². The molecular weight excluding hydrogens is 303 g/mol. The van der Waals surface area contributed by atoms with Crippen molar-refractivity contribution in [3.8, 4) is 11.5 Å². The molecule has 1 aromatic carbocycles. The molecule has 0 saturated carbocycles. The lowest BCUT2D eigenvalue weighted by Crippen LogP contribution is -2.12. The molecule has 0 aliphatic carbocycles. The summed E-state index contributed by atoms with van der Waals surface area (Å²) in [5.74, 6) is 0.600. The van der Waals surface area contributed by atoms with Crippen molar-refractivity contribution in [2.24, 2.45) is 0 Å². The molecule has 0 atom stereocenters. The van der Waals surface area contributed by atoms with Crippen LogP contribution in [0.4, 0.5) is 10.2 Å². The predicted octanol–water partition coefficient (Wildman–Crippen LogP) is 2.74. The Morgan fingerprint density at radius 3 is 2.87 bits per heavy atom. The van der Waals surface area contributed by atoms with Crippen molar-refractivity contribution in [1.82, 2.24) is 15.4 Å². The topological polar surface area (TPSA) is 94.1 Å². The van der Waals surface area contributed by atoms with Gasteiger partial charge in [0.2, 0.25) is 11.8 Å². The first-order valence-electron chi connectivity index (χ1n) is 6.92. The molecule has 0 bridgehead atoms. The van der Waals surface area contributed by atoms with Crippen molar-refractivity contribution >= 4 is 11.7 Å². The number of hydrogen-bond acceptors (Lipinski definition) is 6. The van der Waals surface area contributed by atoms with Gasteiger partial charge in [-0.2, -0.15) is 0 Å². The Balaban J connectivity index is 1.59. The van der Waals surface area contributed by atoms with E-state index in [2.05, 4.69) is 20.7 Å². The lowest BCUT2D eigenvalue weighted by molar-refractivity contribution is -0.116. The zero-order valence-corrected chi connectivity index (χ0v) is 12.2. The molecule has 0 aliphatic rings. The van der Waals surface area contributed by atoms with Crippen molar-refractivity contribution < 1.29 is 18.1 Å². The molecule has 7 nitrogen and oxygen atoms in total. The van der Waals surface area contributed by atoms with Crippen LogP contribution in [0.1, 0.15) is 18.1 Å². The van der Waals surface area contributed by atoms with E-state index in [0.29, 0.717) is 11.6 Å². The van der Waals surface area contributed by atoms with E-state index in [4.69, 9.17) is 8.94 Å². The number of nitrogens with one attached hydrogen (secondary N) is 1. The smallest absolute Gasteiger partial charge is 0.250 e. The highest BCUT2D eigenvalue weighted by molar-refractivity contribution is 5.89. The molecule has 1 N–H and O–H groups in total. The number of aromatic nitrogens is 3. The van der Waals surface area contributed by atoms with Gasteiger partial charge in [-0.25, -0.2) is 4.39 Å². The zero-order chi connectivity index (χ0) is 16.2. The molecule has 0 radical (unpaired) electrons. The Morgan fingerprint density at radius 2 is 2.13 bits per heavy atom. The van der Waals surface area contributed by atoms with Crippen molar-refractivity contribution in [3.63, 3.8) is 0 Å². The van der Waals surface area contributed by atoms with Gasteiger partial charge in [-0.15, -0.1) is 10.2 Å². The number of anilines is 1. The summed E-state index contributed by atoms with van der Waals surface area (Å²) in [5, 5.41) is 13.9. The Morgan fingerprint density at radius 1 is 1.30 bits per heavy atom. The second-order valence-electron chi connectivity index (χ2n) is 4.85. The first-order valence-corrected chi connectivity index (χ1v) is 6.92. The van der Waals surface area contributed by atoms with Gasteiger partial charge in [0.15, 0.2) is 5.82 Å². The maximum atomic E-state index is 13.6. The van der Waals surface area contributed by atoms with Gasteiger partial charge in [0.1, 0.15) is 11.6 Å². The normalized spacial score (nSPS) is 10.7. The molecule has 0 spiro atoms. The van der Waals surface area contributed by atoms with E-state index in [-0.39, 0.29) is 36.1 Å². The number of halogens is 1. The highest BCUT2D eigenvalue weighted by Crippen LogP contribution is 2.21. The minimum absolute atomic E-state index is 0.0886. The lowest BCUT2D eigenvalue weighted by Gasteiger charge is -1.98. The van der Waals surface area contributed by atoms with Crippen LogP contribution in [-0.2, 0) is 11.2 Å². The molecule has 0 unspecified atom stereocenters. The minimum Gasteiger partial charge on any atom is -0.421 e. The fourth-order valence-corrected chi connectivity index (χ4v) is 1.95. The average molecular weight is 316 g/mol. The average Bonchev–Trinajstić information content (AvgIpc) is 3.15. The highest BCUT2D eigenvalue weighted by Gasteiger charge is 2.14. The fraction of sp³-hybridized carbons (Fsp3) is 0.200. The molecule has 23 heavy (non-hydrogen) atoms. The summed E-state index contributed by atoms with van der Waals surface area (Å²) >= 11 is 0. The molecule has 2 heterocycles. The largest absolute Gasteiger partial charge is 0.421 e. The summed E-state index contributed by atoms with van der Waals surface area (Å²) in [6.45, 7) is 1.73. The number of amides is 1. The van der Waals surface area contributed by atoms with Gasteiger partial charge < -0.3 is 14.3 Å². The van der Waals surface area contributed by atoms with E-state index in [1.165, 1.54) is 6.07 Å². The van der Waals surface area contributed by atoms with Gasteiger partial charge in [-0.3, -0.25) is 4.79 Å². The van der Waals surface area contributed by atoms with Crippen LogP contribution in [0.25, 0.3) is 11.5 Å². The van der Waals surface area contributed by atoms with Gasteiger partial charge in [-0.05, 0) is 19.1 Å². The van der Waals surface area contributed by atoms with E-state index in [1.54, 1.807) is 31.2 Å².